The molecule has 1 aliphatic heterocycles. The lowest BCUT2D eigenvalue weighted by Gasteiger charge is -2.24. The first-order chi connectivity index (χ1) is 12.7. The Balaban J connectivity index is 1.56. The van der Waals surface area contributed by atoms with E-state index in [1.165, 1.54) is 44.9 Å². The van der Waals surface area contributed by atoms with Crippen LogP contribution in [-0.2, 0) is 0 Å². The van der Waals surface area contributed by atoms with Crippen molar-refractivity contribution in [1.82, 2.24) is 10.6 Å². The van der Waals surface area contributed by atoms with Gasteiger partial charge < -0.3 is 15.4 Å². The number of ether oxygens (including phenoxy) is 1. The van der Waals surface area contributed by atoms with Crippen LogP contribution in [0.1, 0.15) is 68.1 Å². The van der Waals surface area contributed by atoms with Crippen molar-refractivity contribution in [3.05, 3.63) is 28.8 Å². The topological polar surface area (TPSA) is 50.4 Å². The molecule has 0 atom stereocenters. The van der Waals surface area contributed by atoms with Crippen LogP contribution in [-0.4, -0.2) is 31.6 Å². The first kappa shape index (κ1) is 19.5. The zero-order valence-corrected chi connectivity index (χ0v) is 16.3. The molecule has 1 saturated carbocycles. The van der Waals surface area contributed by atoms with Crippen LogP contribution in [0.5, 0.6) is 5.75 Å². The molecule has 1 aliphatic carbocycles. The molecule has 5 heteroatoms. The summed E-state index contributed by atoms with van der Waals surface area (Å²) in [7, 11) is 0. The first-order valence-corrected chi connectivity index (χ1v) is 10.6. The highest BCUT2D eigenvalue weighted by Gasteiger charge is 2.18. The Morgan fingerprint density at radius 2 is 1.77 bits per heavy atom. The summed E-state index contributed by atoms with van der Waals surface area (Å²) in [5.41, 5.74) is 0.518. The third kappa shape index (κ3) is 5.88. The summed E-state index contributed by atoms with van der Waals surface area (Å²) >= 11 is 6.28. The van der Waals surface area contributed by atoms with Crippen molar-refractivity contribution in [2.24, 2.45) is 5.92 Å². The minimum atomic E-state index is -0.0900. The Morgan fingerprint density at radius 1 is 1.08 bits per heavy atom. The molecule has 0 spiro atoms. The fourth-order valence-corrected chi connectivity index (χ4v) is 4.14. The summed E-state index contributed by atoms with van der Waals surface area (Å²) < 4.78 is 6.05. The highest BCUT2D eigenvalue weighted by molar-refractivity contribution is 6.33. The van der Waals surface area contributed by atoms with Crippen LogP contribution in [0, 0.1) is 5.92 Å². The molecule has 0 unspecified atom stereocenters. The minimum absolute atomic E-state index is 0.0900. The molecule has 3 rings (SSSR count). The molecule has 1 heterocycles. The van der Waals surface area contributed by atoms with E-state index in [2.05, 4.69) is 10.6 Å². The van der Waals surface area contributed by atoms with Crippen molar-refractivity contribution in [2.45, 2.75) is 63.9 Å². The van der Waals surface area contributed by atoms with E-state index in [4.69, 9.17) is 16.3 Å². The van der Waals surface area contributed by atoms with Crippen LogP contribution in [0.2, 0.25) is 5.02 Å². The second-order valence-electron chi connectivity index (χ2n) is 7.63. The molecule has 0 bridgehead atoms. The Morgan fingerprint density at radius 3 is 2.50 bits per heavy atom. The van der Waals surface area contributed by atoms with Crippen LogP contribution in [0.15, 0.2) is 18.2 Å². The average molecular weight is 379 g/mol. The number of rotatable bonds is 5. The Bertz CT molecular complexity index is 579. The maximum absolute atomic E-state index is 12.6. The number of hydrogen-bond acceptors (Lipinski definition) is 3. The summed E-state index contributed by atoms with van der Waals surface area (Å²) in [6.07, 6.45) is 11.2. The van der Waals surface area contributed by atoms with Gasteiger partial charge in [0.2, 0.25) is 0 Å². The number of hydrogen-bond donors (Lipinski definition) is 2. The molecule has 144 valence electrons. The summed E-state index contributed by atoms with van der Waals surface area (Å²) in [4.78, 5) is 12.6. The lowest BCUT2D eigenvalue weighted by molar-refractivity contribution is 0.0943. The van der Waals surface area contributed by atoms with Gasteiger partial charge in [-0.3, -0.25) is 4.79 Å². The van der Waals surface area contributed by atoms with Crippen molar-refractivity contribution in [3.8, 4) is 5.75 Å². The van der Waals surface area contributed by atoms with E-state index in [1.807, 2.05) is 6.07 Å². The van der Waals surface area contributed by atoms with Crippen LogP contribution in [0.3, 0.4) is 0 Å². The summed E-state index contributed by atoms with van der Waals surface area (Å²) in [6.45, 7) is 2.70. The molecular weight excluding hydrogens is 348 g/mol. The number of carbonyl (C=O) groups is 1. The number of amides is 1. The van der Waals surface area contributed by atoms with Crippen molar-refractivity contribution in [2.75, 3.05) is 19.6 Å². The number of benzene rings is 1. The van der Waals surface area contributed by atoms with Gasteiger partial charge in [-0.05, 0) is 62.9 Å². The number of carbonyl (C=O) groups excluding carboxylic acids is 1. The Kier molecular flexibility index (Phi) is 7.63. The molecule has 1 saturated heterocycles. The van der Waals surface area contributed by atoms with E-state index in [-0.39, 0.29) is 12.0 Å². The number of nitrogens with one attached hydrogen (secondary N) is 2. The van der Waals surface area contributed by atoms with Crippen LogP contribution < -0.4 is 15.4 Å². The molecule has 0 radical (unpaired) electrons. The van der Waals surface area contributed by atoms with Gasteiger partial charge in [0.1, 0.15) is 11.9 Å². The smallest absolute Gasteiger partial charge is 0.252 e. The maximum Gasteiger partial charge on any atom is 0.252 e. The molecular formula is C21H31ClN2O2. The van der Waals surface area contributed by atoms with Gasteiger partial charge in [-0.2, -0.15) is 0 Å². The van der Waals surface area contributed by atoms with Gasteiger partial charge in [0.15, 0.2) is 0 Å². The molecule has 1 aromatic rings. The van der Waals surface area contributed by atoms with E-state index in [0.717, 1.165) is 38.2 Å². The maximum atomic E-state index is 12.6. The first-order valence-electron chi connectivity index (χ1n) is 10.2. The largest absolute Gasteiger partial charge is 0.490 e. The van der Waals surface area contributed by atoms with Crippen molar-refractivity contribution < 1.29 is 9.53 Å². The zero-order valence-electron chi connectivity index (χ0n) is 15.6. The quantitative estimate of drug-likeness (QED) is 0.789. The van der Waals surface area contributed by atoms with Gasteiger partial charge in [0, 0.05) is 6.54 Å². The summed E-state index contributed by atoms with van der Waals surface area (Å²) in [5.74, 6) is 1.23. The predicted molar refractivity (Wildman–Crippen MR) is 106 cm³/mol. The highest BCUT2D eigenvalue weighted by Crippen LogP contribution is 2.25. The van der Waals surface area contributed by atoms with Crippen molar-refractivity contribution in [1.29, 1.82) is 0 Å². The van der Waals surface area contributed by atoms with E-state index < -0.39 is 0 Å². The fourth-order valence-electron chi connectivity index (χ4n) is 3.93. The van der Waals surface area contributed by atoms with Crippen LogP contribution in [0.4, 0.5) is 0 Å². The predicted octanol–water partition coefficient (Wildman–Crippen LogP) is 4.56. The second-order valence-corrected chi connectivity index (χ2v) is 8.04. The summed E-state index contributed by atoms with van der Waals surface area (Å²) in [5, 5.41) is 6.91. The average Bonchev–Trinajstić information content (AvgIpc) is 2.63. The molecule has 26 heavy (non-hydrogen) atoms. The van der Waals surface area contributed by atoms with Crippen LogP contribution in [0.25, 0.3) is 0 Å². The SMILES string of the molecule is O=C(NCC1CCCCCCC1)c1cc(OC2CCNCC2)ccc1Cl. The fraction of sp³-hybridized carbons (Fsp3) is 0.667. The van der Waals surface area contributed by atoms with Gasteiger partial charge in [0.25, 0.3) is 5.91 Å². The van der Waals surface area contributed by atoms with Crippen molar-refractivity contribution in [3.63, 3.8) is 0 Å². The second kappa shape index (κ2) is 10.2. The molecule has 2 aliphatic rings. The lowest BCUT2D eigenvalue weighted by Crippen LogP contribution is -2.34. The Hall–Kier alpha value is -1.26. The lowest BCUT2D eigenvalue weighted by atomic mass is 9.91. The third-order valence-corrected chi connectivity index (χ3v) is 5.88. The molecule has 0 aromatic heterocycles. The molecule has 4 nitrogen and oxygen atoms in total. The third-order valence-electron chi connectivity index (χ3n) is 5.55. The zero-order chi connectivity index (χ0) is 18.2. The monoisotopic (exact) mass is 378 g/mol. The van der Waals surface area contributed by atoms with Gasteiger partial charge in [-0.25, -0.2) is 0 Å². The molecule has 1 amide bonds. The van der Waals surface area contributed by atoms with Gasteiger partial charge in [-0.15, -0.1) is 0 Å². The normalized spacial score (nSPS) is 20.2. The summed E-state index contributed by atoms with van der Waals surface area (Å²) in [6, 6.07) is 5.41. The van der Waals surface area contributed by atoms with Crippen molar-refractivity contribution >= 4 is 17.5 Å². The molecule has 2 N–H and O–H groups in total. The highest BCUT2D eigenvalue weighted by atomic mass is 35.5. The number of piperidine rings is 1. The van der Waals surface area contributed by atoms with Crippen LogP contribution >= 0.6 is 11.6 Å². The standard InChI is InChI=1S/C21H31ClN2O2/c22-20-9-8-18(26-17-10-12-23-13-11-17)14-19(20)21(25)24-15-16-6-4-2-1-3-5-7-16/h8-9,14,16-17,23H,1-7,10-13,15H2,(H,24,25). The van der Waals surface area contributed by atoms with Gasteiger partial charge in [-0.1, -0.05) is 43.7 Å². The van der Waals surface area contributed by atoms with Gasteiger partial charge >= 0.3 is 0 Å². The van der Waals surface area contributed by atoms with E-state index in [1.54, 1.807) is 12.1 Å². The minimum Gasteiger partial charge on any atom is -0.490 e. The molecule has 2 fully saturated rings. The van der Waals surface area contributed by atoms with E-state index >= 15 is 0 Å². The number of halogens is 1. The Labute approximate surface area is 162 Å². The van der Waals surface area contributed by atoms with E-state index in [9.17, 15) is 4.79 Å². The van der Waals surface area contributed by atoms with E-state index in [0.29, 0.717) is 16.5 Å². The molecule has 1 aromatic carbocycles. The van der Waals surface area contributed by atoms with Gasteiger partial charge in [0.05, 0.1) is 10.6 Å².